The van der Waals surface area contributed by atoms with E-state index in [0.717, 1.165) is 14.6 Å². The number of halogens is 1. The summed E-state index contributed by atoms with van der Waals surface area (Å²) < 4.78 is 12.5. The second-order valence-corrected chi connectivity index (χ2v) is 7.93. The number of carbonyl (C=O) groups is 1. The maximum Gasteiger partial charge on any atom is 0.359 e. The van der Waals surface area contributed by atoms with Crippen LogP contribution in [0.3, 0.4) is 0 Å². The Labute approximate surface area is 157 Å². The monoisotopic (exact) mass is 436 g/mol. The molecule has 0 saturated carbocycles. The van der Waals surface area contributed by atoms with Gasteiger partial charge in [0.1, 0.15) is 6.61 Å². The number of hydrogen-bond donors (Lipinski definition) is 0. The second kappa shape index (κ2) is 6.28. The van der Waals surface area contributed by atoms with Gasteiger partial charge in [0.25, 0.3) is 5.56 Å². The predicted octanol–water partition coefficient (Wildman–Crippen LogP) is 3.19. The minimum atomic E-state index is -0.524. The predicted molar refractivity (Wildman–Crippen MR) is 98.3 cm³/mol. The Morgan fingerprint density at radius 3 is 3.04 bits per heavy atom. The first kappa shape index (κ1) is 16.3. The molecule has 3 aromatic heterocycles. The first-order valence-corrected chi connectivity index (χ1v) is 9.48. The molecule has 0 aliphatic heterocycles. The molecular formula is C15H9BrN4O3S2. The van der Waals surface area contributed by atoms with Gasteiger partial charge in [0, 0.05) is 21.6 Å². The van der Waals surface area contributed by atoms with E-state index in [0.29, 0.717) is 15.7 Å². The van der Waals surface area contributed by atoms with Crippen LogP contribution in [-0.2, 0) is 11.3 Å². The normalized spacial score (nSPS) is 11.3. The van der Waals surface area contributed by atoms with Crippen LogP contribution in [0.15, 0.2) is 33.5 Å². The minimum Gasteiger partial charge on any atom is -0.453 e. The zero-order valence-corrected chi connectivity index (χ0v) is 15.9. The van der Waals surface area contributed by atoms with E-state index in [1.54, 1.807) is 6.92 Å². The van der Waals surface area contributed by atoms with E-state index >= 15 is 0 Å². The van der Waals surface area contributed by atoms with Crippen LogP contribution in [0.5, 0.6) is 0 Å². The molecule has 1 aromatic carbocycles. The van der Waals surface area contributed by atoms with Crippen molar-refractivity contribution < 1.29 is 9.53 Å². The van der Waals surface area contributed by atoms with E-state index in [-0.39, 0.29) is 17.9 Å². The summed E-state index contributed by atoms with van der Waals surface area (Å²) in [5.41, 5.74) is 0.643. The van der Waals surface area contributed by atoms with Gasteiger partial charge in [-0.1, -0.05) is 27.3 Å². The lowest BCUT2D eigenvalue weighted by molar-refractivity contribution is 0.0468. The van der Waals surface area contributed by atoms with Gasteiger partial charge in [-0.25, -0.2) is 9.78 Å². The van der Waals surface area contributed by atoms with Gasteiger partial charge < -0.3 is 4.74 Å². The van der Waals surface area contributed by atoms with Gasteiger partial charge in [0.05, 0.1) is 4.70 Å². The zero-order chi connectivity index (χ0) is 17.6. The molecule has 0 bridgehead atoms. The van der Waals surface area contributed by atoms with E-state index in [1.165, 1.54) is 33.5 Å². The van der Waals surface area contributed by atoms with Crippen molar-refractivity contribution in [3.8, 4) is 0 Å². The number of aromatic nitrogens is 4. The molecule has 0 N–H and O–H groups in total. The van der Waals surface area contributed by atoms with Crippen molar-refractivity contribution in [3.05, 3.63) is 55.5 Å². The molecule has 3 heterocycles. The van der Waals surface area contributed by atoms with Crippen molar-refractivity contribution in [2.24, 2.45) is 0 Å². The van der Waals surface area contributed by atoms with Crippen LogP contribution < -0.4 is 5.56 Å². The van der Waals surface area contributed by atoms with Gasteiger partial charge in [-0.2, -0.15) is 14.0 Å². The molecule has 25 heavy (non-hydrogen) atoms. The Hall–Kier alpha value is -2.17. The third-order valence-electron chi connectivity index (χ3n) is 3.37. The summed E-state index contributed by atoms with van der Waals surface area (Å²) in [6.07, 6.45) is 0. The number of benzene rings is 1. The highest BCUT2D eigenvalue weighted by molar-refractivity contribution is 9.10. The molecule has 10 heteroatoms. The van der Waals surface area contributed by atoms with Crippen molar-refractivity contribution in [3.63, 3.8) is 0 Å². The molecule has 7 nitrogen and oxygen atoms in total. The molecule has 0 unspecified atom stereocenters. The summed E-state index contributed by atoms with van der Waals surface area (Å²) in [4.78, 5) is 28.9. The average molecular weight is 437 g/mol. The third kappa shape index (κ3) is 3.08. The van der Waals surface area contributed by atoms with Gasteiger partial charge >= 0.3 is 5.97 Å². The van der Waals surface area contributed by atoms with Crippen molar-refractivity contribution >= 4 is 59.8 Å². The summed E-state index contributed by atoms with van der Waals surface area (Å²) in [7, 11) is 0. The molecule has 0 fully saturated rings. The number of rotatable bonds is 3. The van der Waals surface area contributed by atoms with Crippen LogP contribution in [-0.4, -0.2) is 24.9 Å². The molecular weight excluding hydrogens is 428 g/mol. The molecule has 126 valence electrons. The maximum atomic E-state index is 12.3. The van der Waals surface area contributed by atoms with Crippen molar-refractivity contribution in [2.75, 3.05) is 0 Å². The fourth-order valence-electron chi connectivity index (χ4n) is 2.27. The number of ether oxygens (including phenoxy) is 1. The third-order valence-corrected chi connectivity index (χ3v) is 5.55. The SMILES string of the molecule is Cc1cc(=O)n2nc(COC(=O)c3nsc4cc(Br)ccc34)sc2n1. The summed E-state index contributed by atoms with van der Waals surface area (Å²) in [6, 6.07) is 6.98. The molecule has 0 aliphatic carbocycles. The number of esters is 1. The Bertz CT molecular complexity index is 1180. The summed E-state index contributed by atoms with van der Waals surface area (Å²) in [6.45, 7) is 1.70. The van der Waals surface area contributed by atoms with Gasteiger partial charge in [-0.05, 0) is 36.7 Å². The molecule has 0 radical (unpaired) electrons. The minimum absolute atomic E-state index is 0.0408. The Balaban J connectivity index is 1.57. The van der Waals surface area contributed by atoms with Crippen LogP contribution in [0, 0.1) is 6.92 Å². The van der Waals surface area contributed by atoms with Crippen LogP contribution in [0.25, 0.3) is 15.0 Å². The molecule has 0 atom stereocenters. The van der Waals surface area contributed by atoms with E-state index < -0.39 is 5.97 Å². The van der Waals surface area contributed by atoms with Gasteiger partial charge in [-0.15, -0.1) is 0 Å². The zero-order valence-electron chi connectivity index (χ0n) is 12.7. The number of fused-ring (bicyclic) bond motifs is 2. The van der Waals surface area contributed by atoms with E-state index in [2.05, 4.69) is 30.4 Å². The van der Waals surface area contributed by atoms with E-state index in [9.17, 15) is 9.59 Å². The molecule has 0 saturated heterocycles. The fraction of sp³-hybridized carbons (Fsp3) is 0.133. The van der Waals surface area contributed by atoms with E-state index in [4.69, 9.17) is 4.74 Å². The highest BCUT2D eigenvalue weighted by Crippen LogP contribution is 2.27. The Morgan fingerprint density at radius 2 is 2.20 bits per heavy atom. The van der Waals surface area contributed by atoms with Crippen LogP contribution in [0.1, 0.15) is 21.2 Å². The maximum absolute atomic E-state index is 12.3. The summed E-state index contributed by atoms with van der Waals surface area (Å²) >= 11 is 5.84. The quantitative estimate of drug-likeness (QED) is 0.458. The van der Waals surface area contributed by atoms with Crippen LogP contribution in [0.4, 0.5) is 0 Å². The Morgan fingerprint density at radius 1 is 1.36 bits per heavy atom. The number of carbonyl (C=O) groups excluding carboxylic acids is 1. The van der Waals surface area contributed by atoms with Crippen LogP contribution >= 0.6 is 38.8 Å². The van der Waals surface area contributed by atoms with Crippen molar-refractivity contribution in [1.29, 1.82) is 0 Å². The number of nitrogens with zero attached hydrogens (tertiary/aromatic N) is 4. The standard InChI is InChI=1S/C15H9BrN4O3S2/c1-7-4-12(21)20-15(17-7)24-11(18-20)6-23-14(22)13-9-3-2-8(16)5-10(9)25-19-13/h2-5H,6H2,1H3. The first-order chi connectivity index (χ1) is 12.0. The van der Waals surface area contributed by atoms with Gasteiger partial charge in [0.15, 0.2) is 10.7 Å². The van der Waals surface area contributed by atoms with Gasteiger partial charge in [-0.3, -0.25) is 4.79 Å². The number of hydrogen-bond acceptors (Lipinski definition) is 8. The lowest BCUT2D eigenvalue weighted by atomic mass is 10.2. The van der Waals surface area contributed by atoms with Gasteiger partial charge in [0.2, 0.25) is 4.96 Å². The first-order valence-electron chi connectivity index (χ1n) is 7.10. The Kier molecular flexibility index (Phi) is 4.10. The lowest BCUT2D eigenvalue weighted by Gasteiger charge is -2.00. The molecule has 0 spiro atoms. The molecule has 4 aromatic rings. The largest absolute Gasteiger partial charge is 0.453 e. The van der Waals surface area contributed by atoms with Crippen molar-refractivity contribution in [1.82, 2.24) is 19.0 Å². The summed E-state index contributed by atoms with van der Waals surface area (Å²) in [5.74, 6) is -0.524. The smallest absolute Gasteiger partial charge is 0.359 e. The molecule has 0 aliphatic rings. The van der Waals surface area contributed by atoms with Crippen molar-refractivity contribution in [2.45, 2.75) is 13.5 Å². The summed E-state index contributed by atoms with van der Waals surface area (Å²) in [5, 5.41) is 5.38. The lowest BCUT2D eigenvalue weighted by Crippen LogP contribution is -2.14. The number of aryl methyl sites for hydroxylation is 1. The fourth-order valence-corrected chi connectivity index (χ4v) is 4.45. The molecule has 0 amide bonds. The topological polar surface area (TPSA) is 86.5 Å². The van der Waals surface area contributed by atoms with Crippen LogP contribution in [0.2, 0.25) is 0 Å². The highest BCUT2D eigenvalue weighted by atomic mass is 79.9. The second-order valence-electron chi connectivity index (χ2n) is 5.17. The average Bonchev–Trinajstić information content (AvgIpc) is 3.16. The molecule has 4 rings (SSSR count). The van der Waals surface area contributed by atoms with E-state index in [1.807, 2.05) is 18.2 Å². The highest BCUT2D eigenvalue weighted by Gasteiger charge is 2.17.